The fourth-order valence-electron chi connectivity index (χ4n) is 1.71. The number of carboxylic acids is 1. The second-order valence-corrected chi connectivity index (χ2v) is 5.78. The Morgan fingerprint density at radius 1 is 1.42 bits per heavy atom. The molecule has 106 valence electrons. The molecule has 2 amide bonds. The van der Waals surface area contributed by atoms with Crippen molar-refractivity contribution in [3.05, 3.63) is 22.4 Å². The van der Waals surface area contributed by atoms with E-state index in [4.69, 9.17) is 5.11 Å². The zero-order valence-electron chi connectivity index (χ0n) is 11.4. The van der Waals surface area contributed by atoms with Crippen LogP contribution >= 0.6 is 11.3 Å². The minimum Gasteiger partial charge on any atom is -0.480 e. The SMILES string of the molecule is CC(Cc1cccs1)NC(=O)N(CC(=O)O)C(C)C. The standard InChI is InChI=1S/C13H20N2O3S/c1-9(2)15(8-12(16)17)13(18)14-10(3)7-11-5-4-6-19-11/h4-6,9-10H,7-8H2,1-3H3,(H,14,18)(H,16,17). The first-order chi connectivity index (χ1) is 8.90. The van der Waals surface area contributed by atoms with Crippen LogP contribution in [0.1, 0.15) is 25.6 Å². The lowest BCUT2D eigenvalue weighted by molar-refractivity contribution is -0.138. The van der Waals surface area contributed by atoms with Crippen LogP contribution in [-0.2, 0) is 11.2 Å². The van der Waals surface area contributed by atoms with Gasteiger partial charge in [0.25, 0.3) is 0 Å². The van der Waals surface area contributed by atoms with Gasteiger partial charge >= 0.3 is 12.0 Å². The van der Waals surface area contributed by atoms with Crippen LogP contribution in [0.25, 0.3) is 0 Å². The number of hydrogen-bond donors (Lipinski definition) is 2. The molecule has 0 aliphatic rings. The average molecular weight is 284 g/mol. The van der Waals surface area contributed by atoms with Crippen LogP contribution < -0.4 is 5.32 Å². The van der Waals surface area contributed by atoms with Crippen molar-refractivity contribution in [2.45, 2.75) is 39.3 Å². The normalized spacial score (nSPS) is 12.2. The first-order valence-corrected chi connectivity index (χ1v) is 7.09. The monoisotopic (exact) mass is 284 g/mol. The van der Waals surface area contributed by atoms with E-state index in [1.807, 2.05) is 24.4 Å². The van der Waals surface area contributed by atoms with Gasteiger partial charge < -0.3 is 15.3 Å². The van der Waals surface area contributed by atoms with E-state index >= 15 is 0 Å². The van der Waals surface area contributed by atoms with Gasteiger partial charge in [-0.15, -0.1) is 11.3 Å². The zero-order chi connectivity index (χ0) is 14.4. The Bertz CT molecular complexity index is 418. The van der Waals surface area contributed by atoms with E-state index in [2.05, 4.69) is 5.32 Å². The third-order valence-electron chi connectivity index (χ3n) is 2.65. The lowest BCUT2D eigenvalue weighted by Gasteiger charge is -2.27. The van der Waals surface area contributed by atoms with Crippen molar-refractivity contribution in [1.82, 2.24) is 10.2 Å². The van der Waals surface area contributed by atoms with E-state index in [1.165, 1.54) is 9.78 Å². The Hall–Kier alpha value is -1.56. The molecule has 0 saturated heterocycles. The molecule has 1 heterocycles. The van der Waals surface area contributed by atoms with Crippen molar-refractivity contribution in [3.63, 3.8) is 0 Å². The number of thiophene rings is 1. The molecule has 1 unspecified atom stereocenters. The molecule has 0 saturated carbocycles. The van der Waals surface area contributed by atoms with Gasteiger partial charge in [0.2, 0.25) is 0 Å². The number of rotatable bonds is 6. The molecule has 0 aromatic carbocycles. The Morgan fingerprint density at radius 3 is 2.58 bits per heavy atom. The van der Waals surface area contributed by atoms with Gasteiger partial charge in [-0.05, 0) is 32.2 Å². The molecule has 1 aromatic heterocycles. The first-order valence-electron chi connectivity index (χ1n) is 6.21. The molecule has 0 fully saturated rings. The maximum Gasteiger partial charge on any atom is 0.323 e. The summed E-state index contributed by atoms with van der Waals surface area (Å²) in [5.41, 5.74) is 0. The molecule has 1 rings (SSSR count). The molecule has 0 aliphatic heterocycles. The summed E-state index contributed by atoms with van der Waals surface area (Å²) in [6, 6.07) is 3.48. The van der Waals surface area contributed by atoms with E-state index in [0.717, 1.165) is 6.42 Å². The number of nitrogens with one attached hydrogen (secondary N) is 1. The van der Waals surface area contributed by atoms with Crippen molar-refractivity contribution >= 4 is 23.3 Å². The van der Waals surface area contributed by atoms with Gasteiger partial charge in [-0.1, -0.05) is 6.07 Å². The average Bonchev–Trinajstić information content (AvgIpc) is 2.77. The van der Waals surface area contributed by atoms with Crippen LogP contribution in [0.2, 0.25) is 0 Å². The number of aliphatic carboxylic acids is 1. The Balaban J connectivity index is 2.53. The summed E-state index contributed by atoms with van der Waals surface area (Å²) in [6.07, 6.45) is 0.752. The summed E-state index contributed by atoms with van der Waals surface area (Å²) in [5, 5.41) is 13.6. The molecule has 0 radical (unpaired) electrons. The highest BCUT2D eigenvalue weighted by Gasteiger charge is 2.21. The number of hydrogen-bond acceptors (Lipinski definition) is 3. The highest BCUT2D eigenvalue weighted by Crippen LogP contribution is 2.11. The van der Waals surface area contributed by atoms with Crippen molar-refractivity contribution in [2.24, 2.45) is 0 Å². The van der Waals surface area contributed by atoms with Gasteiger partial charge in [-0.25, -0.2) is 4.79 Å². The van der Waals surface area contributed by atoms with Crippen molar-refractivity contribution in [2.75, 3.05) is 6.54 Å². The van der Waals surface area contributed by atoms with Crippen LogP contribution in [0, 0.1) is 0 Å². The second kappa shape index (κ2) is 7.13. The third kappa shape index (κ3) is 5.30. The largest absolute Gasteiger partial charge is 0.480 e. The molecule has 5 nitrogen and oxygen atoms in total. The molecule has 0 spiro atoms. The van der Waals surface area contributed by atoms with Crippen molar-refractivity contribution in [3.8, 4) is 0 Å². The van der Waals surface area contributed by atoms with E-state index in [0.29, 0.717) is 0 Å². The number of nitrogens with zero attached hydrogens (tertiary/aromatic N) is 1. The lowest BCUT2D eigenvalue weighted by atomic mass is 10.2. The number of carbonyl (C=O) groups excluding carboxylic acids is 1. The zero-order valence-corrected chi connectivity index (χ0v) is 12.2. The molecule has 19 heavy (non-hydrogen) atoms. The molecule has 0 aliphatic carbocycles. The van der Waals surface area contributed by atoms with Gasteiger partial charge in [-0.3, -0.25) is 4.79 Å². The molecule has 6 heteroatoms. The highest BCUT2D eigenvalue weighted by atomic mass is 32.1. The van der Waals surface area contributed by atoms with Gasteiger partial charge in [0.1, 0.15) is 6.54 Å². The minimum absolute atomic E-state index is 0.0267. The lowest BCUT2D eigenvalue weighted by Crippen LogP contribution is -2.49. The van der Waals surface area contributed by atoms with Crippen molar-refractivity contribution < 1.29 is 14.7 Å². The quantitative estimate of drug-likeness (QED) is 0.841. The summed E-state index contributed by atoms with van der Waals surface area (Å²) in [5.74, 6) is -1.00. The first kappa shape index (κ1) is 15.5. The van der Waals surface area contributed by atoms with Gasteiger partial charge in [-0.2, -0.15) is 0 Å². The van der Waals surface area contributed by atoms with E-state index in [-0.39, 0.29) is 24.7 Å². The second-order valence-electron chi connectivity index (χ2n) is 4.75. The number of carbonyl (C=O) groups is 2. The van der Waals surface area contributed by atoms with E-state index < -0.39 is 5.97 Å². The molecule has 1 atom stereocenters. The van der Waals surface area contributed by atoms with Crippen LogP contribution in [0.5, 0.6) is 0 Å². The summed E-state index contributed by atoms with van der Waals surface area (Å²) in [4.78, 5) is 25.3. The fraction of sp³-hybridized carbons (Fsp3) is 0.538. The summed E-state index contributed by atoms with van der Waals surface area (Å²) < 4.78 is 0. The highest BCUT2D eigenvalue weighted by molar-refractivity contribution is 7.09. The summed E-state index contributed by atoms with van der Waals surface area (Å²) >= 11 is 1.64. The van der Waals surface area contributed by atoms with Gasteiger partial charge in [0, 0.05) is 23.4 Å². The maximum atomic E-state index is 12.0. The Labute approximate surface area is 117 Å². The Morgan fingerprint density at radius 2 is 2.11 bits per heavy atom. The number of carboxylic acid groups (broad SMARTS) is 1. The summed E-state index contributed by atoms with van der Waals surface area (Å²) in [6.45, 7) is 5.23. The fourth-order valence-corrected chi connectivity index (χ4v) is 2.55. The number of urea groups is 1. The molecule has 1 aromatic rings. The van der Waals surface area contributed by atoms with Crippen molar-refractivity contribution in [1.29, 1.82) is 0 Å². The predicted molar refractivity (Wildman–Crippen MR) is 75.5 cm³/mol. The predicted octanol–water partition coefficient (Wildman–Crippen LogP) is 2.18. The summed E-state index contributed by atoms with van der Waals surface area (Å²) in [7, 11) is 0. The number of amides is 2. The van der Waals surface area contributed by atoms with E-state index in [1.54, 1.807) is 25.2 Å². The molecular formula is C13H20N2O3S. The van der Waals surface area contributed by atoms with Crippen LogP contribution in [0.15, 0.2) is 17.5 Å². The maximum absolute atomic E-state index is 12.0. The van der Waals surface area contributed by atoms with E-state index in [9.17, 15) is 9.59 Å². The van der Waals surface area contributed by atoms with Crippen LogP contribution in [0.3, 0.4) is 0 Å². The minimum atomic E-state index is -1.00. The molecular weight excluding hydrogens is 264 g/mol. The van der Waals surface area contributed by atoms with Crippen LogP contribution in [0.4, 0.5) is 4.79 Å². The van der Waals surface area contributed by atoms with Gasteiger partial charge in [0.05, 0.1) is 0 Å². The molecule has 0 bridgehead atoms. The smallest absolute Gasteiger partial charge is 0.323 e. The Kier molecular flexibility index (Phi) is 5.82. The third-order valence-corrected chi connectivity index (χ3v) is 3.55. The van der Waals surface area contributed by atoms with Gasteiger partial charge in [0.15, 0.2) is 0 Å². The van der Waals surface area contributed by atoms with Crippen LogP contribution in [-0.4, -0.2) is 40.6 Å². The molecule has 2 N–H and O–H groups in total. The topological polar surface area (TPSA) is 69.6 Å².